The summed E-state index contributed by atoms with van der Waals surface area (Å²) in [6.45, 7) is 0.983. The Morgan fingerprint density at radius 3 is 2.54 bits per heavy atom. The molecule has 1 amide bonds. The molecule has 0 heterocycles. The van der Waals surface area contributed by atoms with E-state index in [2.05, 4.69) is 5.32 Å². The van der Waals surface area contributed by atoms with E-state index in [9.17, 15) is 13.6 Å². The zero-order chi connectivity index (χ0) is 17.5. The summed E-state index contributed by atoms with van der Waals surface area (Å²) >= 11 is 0. The van der Waals surface area contributed by atoms with Crippen LogP contribution in [0.15, 0.2) is 36.4 Å². The normalized spacial score (nSPS) is 10.5. The van der Waals surface area contributed by atoms with Crippen LogP contribution >= 0.6 is 0 Å². The maximum absolute atomic E-state index is 14.2. The van der Waals surface area contributed by atoms with Crippen molar-refractivity contribution in [3.05, 3.63) is 53.6 Å². The van der Waals surface area contributed by atoms with Gasteiger partial charge in [0, 0.05) is 18.2 Å². The fourth-order valence-corrected chi connectivity index (χ4v) is 2.29. The predicted molar refractivity (Wildman–Crippen MR) is 89.0 cm³/mol. The van der Waals surface area contributed by atoms with E-state index in [1.165, 1.54) is 31.4 Å². The first kappa shape index (κ1) is 17.9. The van der Waals surface area contributed by atoms with Gasteiger partial charge in [-0.1, -0.05) is 6.07 Å². The fourth-order valence-electron chi connectivity index (χ4n) is 2.29. The van der Waals surface area contributed by atoms with Gasteiger partial charge in [-0.2, -0.15) is 0 Å². The number of nitrogens with one attached hydrogen (secondary N) is 1. The first-order valence-corrected chi connectivity index (χ1v) is 7.68. The molecule has 24 heavy (non-hydrogen) atoms. The van der Waals surface area contributed by atoms with Gasteiger partial charge in [-0.25, -0.2) is 8.78 Å². The van der Waals surface area contributed by atoms with Gasteiger partial charge in [0.05, 0.1) is 12.7 Å². The summed E-state index contributed by atoms with van der Waals surface area (Å²) < 4.78 is 33.2. The lowest BCUT2D eigenvalue weighted by Crippen LogP contribution is -2.25. The van der Waals surface area contributed by atoms with Gasteiger partial charge in [0.1, 0.15) is 17.4 Å². The Bertz CT molecular complexity index is 720. The van der Waals surface area contributed by atoms with Gasteiger partial charge in [0.25, 0.3) is 5.91 Å². The summed E-state index contributed by atoms with van der Waals surface area (Å²) in [6, 6.07) is 8.35. The highest BCUT2D eigenvalue weighted by atomic mass is 19.1. The molecule has 0 saturated carbocycles. The van der Waals surface area contributed by atoms with Crippen LogP contribution in [0.3, 0.4) is 0 Å². The molecule has 2 rings (SSSR count). The van der Waals surface area contributed by atoms with Crippen LogP contribution in [-0.2, 0) is 0 Å². The summed E-state index contributed by atoms with van der Waals surface area (Å²) in [6.07, 6.45) is 1.53. The third kappa shape index (κ3) is 4.29. The van der Waals surface area contributed by atoms with Crippen molar-refractivity contribution in [1.29, 1.82) is 0 Å². The van der Waals surface area contributed by atoms with Crippen LogP contribution in [0, 0.1) is 11.6 Å². The smallest absolute Gasteiger partial charge is 0.254 e. The van der Waals surface area contributed by atoms with Crippen molar-refractivity contribution < 1.29 is 18.3 Å². The van der Waals surface area contributed by atoms with Crippen LogP contribution in [0.4, 0.5) is 8.78 Å². The number of ether oxygens (including phenoxy) is 1. The van der Waals surface area contributed by atoms with Crippen LogP contribution in [-0.4, -0.2) is 26.1 Å². The average Bonchev–Trinajstić information content (AvgIpc) is 2.58. The summed E-state index contributed by atoms with van der Waals surface area (Å²) in [5, 5.41) is 2.64. The summed E-state index contributed by atoms with van der Waals surface area (Å²) in [5.41, 5.74) is 5.90. The lowest BCUT2D eigenvalue weighted by Gasteiger charge is -2.09. The molecular formula is C18H20F2N2O2. The molecule has 4 nitrogen and oxygen atoms in total. The van der Waals surface area contributed by atoms with E-state index in [0.29, 0.717) is 24.4 Å². The van der Waals surface area contributed by atoms with Gasteiger partial charge in [-0.15, -0.1) is 0 Å². The molecule has 0 atom stereocenters. The van der Waals surface area contributed by atoms with Crippen molar-refractivity contribution in [2.24, 2.45) is 5.73 Å². The summed E-state index contributed by atoms with van der Waals surface area (Å²) in [4.78, 5) is 12.0. The Balaban J connectivity index is 2.16. The second-order valence-corrected chi connectivity index (χ2v) is 5.29. The minimum absolute atomic E-state index is 0.0691. The van der Waals surface area contributed by atoms with Gasteiger partial charge < -0.3 is 15.8 Å². The largest absolute Gasteiger partial charge is 0.497 e. The van der Waals surface area contributed by atoms with Crippen molar-refractivity contribution in [1.82, 2.24) is 5.32 Å². The molecule has 0 saturated heterocycles. The zero-order valence-electron chi connectivity index (χ0n) is 13.4. The predicted octanol–water partition coefficient (Wildman–Crippen LogP) is 3.11. The van der Waals surface area contributed by atoms with Crippen molar-refractivity contribution in [3.8, 4) is 16.9 Å². The maximum atomic E-state index is 14.2. The summed E-state index contributed by atoms with van der Waals surface area (Å²) in [7, 11) is 1.44. The first-order chi connectivity index (χ1) is 11.6. The van der Waals surface area contributed by atoms with E-state index in [-0.39, 0.29) is 11.1 Å². The number of hydrogen-bond acceptors (Lipinski definition) is 3. The molecule has 128 valence electrons. The Morgan fingerprint density at radius 2 is 1.92 bits per heavy atom. The van der Waals surface area contributed by atoms with Gasteiger partial charge in [-0.3, -0.25) is 4.79 Å². The molecule has 6 heteroatoms. The fraction of sp³-hybridized carbons (Fsp3) is 0.278. The van der Waals surface area contributed by atoms with E-state index in [1.54, 1.807) is 6.07 Å². The Kier molecular flexibility index (Phi) is 6.26. The zero-order valence-corrected chi connectivity index (χ0v) is 13.4. The molecule has 0 spiro atoms. The number of nitrogens with two attached hydrogens (primary N) is 1. The summed E-state index contributed by atoms with van der Waals surface area (Å²) in [5.74, 6) is -1.33. The number of benzene rings is 2. The highest BCUT2D eigenvalue weighted by molar-refractivity contribution is 5.95. The number of amides is 1. The molecule has 0 radical (unpaired) electrons. The Morgan fingerprint density at radius 1 is 1.12 bits per heavy atom. The van der Waals surface area contributed by atoms with Gasteiger partial charge in [0.2, 0.25) is 0 Å². The minimum Gasteiger partial charge on any atom is -0.497 e. The van der Waals surface area contributed by atoms with E-state index < -0.39 is 17.5 Å². The second kappa shape index (κ2) is 8.40. The van der Waals surface area contributed by atoms with Crippen LogP contribution in [0.5, 0.6) is 5.75 Å². The topological polar surface area (TPSA) is 64.3 Å². The van der Waals surface area contributed by atoms with Gasteiger partial charge in [-0.05, 0) is 49.2 Å². The first-order valence-electron chi connectivity index (χ1n) is 7.68. The van der Waals surface area contributed by atoms with E-state index in [4.69, 9.17) is 10.5 Å². The van der Waals surface area contributed by atoms with Crippen molar-refractivity contribution >= 4 is 5.91 Å². The lowest BCUT2D eigenvalue weighted by molar-refractivity contribution is 0.0949. The molecule has 0 unspecified atom stereocenters. The number of hydrogen-bond donors (Lipinski definition) is 2. The standard InChI is InChI=1S/C18H20F2N2O2/c1-24-13-5-7-14(17(20)11-13)12-4-6-15(16(19)10-12)18(23)22-9-3-2-8-21/h4-7,10-11H,2-3,8-9,21H2,1H3,(H,22,23). The quantitative estimate of drug-likeness (QED) is 0.765. The molecule has 0 aliphatic carbocycles. The number of methoxy groups -OCH3 is 1. The van der Waals surface area contributed by atoms with Crippen LogP contribution in [0.1, 0.15) is 23.2 Å². The molecule has 2 aromatic carbocycles. The number of rotatable bonds is 7. The SMILES string of the molecule is COc1ccc(-c2ccc(C(=O)NCCCCN)c(F)c2)c(F)c1. The van der Waals surface area contributed by atoms with Crippen molar-refractivity contribution in [2.45, 2.75) is 12.8 Å². The number of carbonyl (C=O) groups excluding carboxylic acids is 1. The third-order valence-electron chi connectivity index (χ3n) is 3.62. The van der Waals surface area contributed by atoms with E-state index in [0.717, 1.165) is 18.9 Å². The van der Waals surface area contributed by atoms with Gasteiger partial charge >= 0.3 is 0 Å². The second-order valence-electron chi connectivity index (χ2n) is 5.29. The third-order valence-corrected chi connectivity index (χ3v) is 3.62. The van der Waals surface area contributed by atoms with Crippen LogP contribution in [0.25, 0.3) is 11.1 Å². The van der Waals surface area contributed by atoms with Gasteiger partial charge in [0.15, 0.2) is 0 Å². The Labute approximate surface area is 139 Å². The molecule has 0 bridgehead atoms. The van der Waals surface area contributed by atoms with E-state index >= 15 is 0 Å². The number of unbranched alkanes of at least 4 members (excludes halogenated alkanes) is 1. The monoisotopic (exact) mass is 334 g/mol. The highest BCUT2D eigenvalue weighted by Gasteiger charge is 2.14. The van der Waals surface area contributed by atoms with E-state index in [1.807, 2.05) is 0 Å². The highest BCUT2D eigenvalue weighted by Crippen LogP contribution is 2.27. The molecular weight excluding hydrogens is 314 g/mol. The molecule has 0 aliphatic heterocycles. The molecule has 0 aromatic heterocycles. The average molecular weight is 334 g/mol. The van der Waals surface area contributed by atoms with Crippen molar-refractivity contribution in [2.75, 3.05) is 20.2 Å². The van der Waals surface area contributed by atoms with Crippen LogP contribution < -0.4 is 15.8 Å². The molecule has 0 fully saturated rings. The minimum atomic E-state index is -0.695. The molecule has 2 aromatic rings. The Hall–Kier alpha value is -2.47. The number of carbonyl (C=O) groups is 1. The molecule has 3 N–H and O–H groups in total. The van der Waals surface area contributed by atoms with Crippen molar-refractivity contribution in [3.63, 3.8) is 0 Å². The molecule has 0 aliphatic rings. The lowest BCUT2D eigenvalue weighted by atomic mass is 10.0. The maximum Gasteiger partial charge on any atom is 0.254 e. The van der Waals surface area contributed by atoms with Crippen LogP contribution in [0.2, 0.25) is 0 Å². The number of halogens is 2.